The van der Waals surface area contributed by atoms with Crippen molar-refractivity contribution in [3.05, 3.63) is 35.5 Å². The Hall–Kier alpha value is -1.77. The number of fused-ring (bicyclic) bond motifs is 3. The van der Waals surface area contributed by atoms with E-state index < -0.39 is 0 Å². The van der Waals surface area contributed by atoms with Gasteiger partial charge in [-0.25, -0.2) is 0 Å². The highest BCUT2D eigenvalue weighted by Gasteiger charge is 2.23. The van der Waals surface area contributed by atoms with Crippen LogP contribution in [0.4, 0.5) is 0 Å². The van der Waals surface area contributed by atoms with Crippen molar-refractivity contribution < 1.29 is 4.79 Å². The summed E-state index contributed by atoms with van der Waals surface area (Å²) in [6, 6.07) is 8.41. The number of carbonyl (C=O) groups excluding carboxylic acids is 1. The summed E-state index contributed by atoms with van der Waals surface area (Å²) in [6.45, 7) is 3.85. The Morgan fingerprint density at radius 2 is 2.00 bits per heavy atom. The lowest BCUT2D eigenvalue weighted by molar-refractivity contribution is -0.132. The van der Waals surface area contributed by atoms with Crippen LogP contribution in [0.25, 0.3) is 10.9 Å². The second-order valence-electron chi connectivity index (χ2n) is 6.36. The second kappa shape index (κ2) is 6.99. The van der Waals surface area contributed by atoms with Crippen LogP contribution in [0, 0.1) is 0 Å². The Kier molecular flexibility index (Phi) is 4.81. The van der Waals surface area contributed by atoms with Gasteiger partial charge in [0.1, 0.15) is 0 Å². The van der Waals surface area contributed by atoms with Gasteiger partial charge in [-0.05, 0) is 12.5 Å². The SMILES string of the molecule is CCCCCCCC(=O)N1CCc2[nH]c3ccccc3c2C1. The van der Waals surface area contributed by atoms with Crippen molar-refractivity contribution in [2.45, 2.75) is 58.4 Å². The van der Waals surface area contributed by atoms with Gasteiger partial charge in [0.2, 0.25) is 5.91 Å². The van der Waals surface area contributed by atoms with E-state index in [-0.39, 0.29) is 0 Å². The van der Waals surface area contributed by atoms with E-state index in [2.05, 4.69) is 36.2 Å². The van der Waals surface area contributed by atoms with Gasteiger partial charge in [-0.2, -0.15) is 0 Å². The molecule has 1 aromatic carbocycles. The van der Waals surface area contributed by atoms with E-state index in [9.17, 15) is 4.79 Å². The predicted molar refractivity (Wildman–Crippen MR) is 90.8 cm³/mol. The molecule has 0 unspecified atom stereocenters. The number of nitrogens with zero attached hydrogens (tertiary/aromatic N) is 1. The summed E-state index contributed by atoms with van der Waals surface area (Å²) >= 11 is 0. The number of carbonyl (C=O) groups is 1. The monoisotopic (exact) mass is 298 g/mol. The molecule has 0 aliphatic carbocycles. The molecule has 2 aromatic rings. The quantitative estimate of drug-likeness (QED) is 0.788. The average molecular weight is 298 g/mol. The number of amides is 1. The molecule has 22 heavy (non-hydrogen) atoms. The number of aromatic amines is 1. The number of H-pyrrole nitrogens is 1. The summed E-state index contributed by atoms with van der Waals surface area (Å²) < 4.78 is 0. The molecule has 0 atom stereocenters. The molecule has 3 nitrogen and oxygen atoms in total. The van der Waals surface area contributed by atoms with Crippen LogP contribution < -0.4 is 0 Å². The van der Waals surface area contributed by atoms with Crippen LogP contribution in [0.3, 0.4) is 0 Å². The first-order valence-corrected chi connectivity index (χ1v) is 8.66. The molecule has 118 valence electrons. The Morgan fingerprint density at radius 3 is 2.86 bits per heavy atom. The fourth-order valence-electron chi connectivity index (χ4n) is 3.42. The minimum Gasteiger partial charge on any atom is -0.358 e. The summed E-state index contributed by atoms with van der Waals surface area (Å²) in [5.41, 5.74) is 3.83. The molecule has 0 spiro atoms. The van der Waals surface area contributed by atoms with E-state index in [1.54, 1.807) is 0 Å². The number of aromatic nitrogens is 1. The summed E-state index contributed by atoms with van der Waals surface area (Å²) in [5.74, 6) is 0.326. The summed E-state index contributed by atoms with van der Waals surface area (Å²) in [7, 11) is 0. The second-order valence-corrected chi connectivity index (χ2v) is 6.36. The van der Waals surface area contributed by atoms with Crippen molar-refractivity contribution >= 4 is 16.8 Å². The molecule has 0 saturated heterocycles. The molecule has 1 aliphatic rings. The number of benzene rings is 1. The van der Waals surface area contributed by atoms with Gasteiger partial charge in [0.05, 0.1) is 0 Å². The molecule has 0 bridgehead atoms. The Bertz CT molecular complexity index is 644. The van der Waals surface area contributed by atoms with Gasteiger partial charge in [-0.15, -0.1) is 0 Å². The van der Waals surface area contributed by atoms with Crippen molar-refractivity contribution in [3.63, 3.8) is 0 Å². The van der Waals surface area contributed by atoms with Gasteiger partial charge < -0.3 is 9.88 Å². The van der Waals surface area contributed by atoms with Crippen LogP contribution in [0.15, 0.2) is 24.3 Å². The van der Waals surface area contributed by atoms with E-state index >= 15 is 0 Å². The molecular weight excluding hydrogens is 272 g/mol. The standard InChI is InChI=1S/C19H26N2O/c1-2-3-4-5-6-11-19(22)21-13-12-18-16(14-21)15-9-7-8-10-17(15)20-18/h7-10,20H,2-6,11-14H2,1H3. The number of unbranched alkanes of at least 4 members (excludes halogenated alkanes) is 4. The lowest BCUT2D eigenvalue weighted by atomic mass is 10.0. The summed E-state index contributed by atoms with van der Waals surface area (Å²) in [5, 5.41) is 1.28. The fourth-order valence-corrected chi connectivity index (χ4v) is 3.42. The van der Waals surface area contributed by atoms with Crippen LogP contribution in [0.1, 0.15) is 56.7 Å². The third-order valence-electron chi connectivity index (χ3n) is 4.73. The van der Waals surface area contributed by atoms with Crippen LogP contribution in [0.2, 0.25) is 0 Å². The van der Waals surface area contributed by atoms with Crippen LogP contribution in [0.5, 0.6) is 0 Å². The predicted octanol–water partition coefficient (Wildman–Crippen LogP) is 4.41. The van der Waals surface area contributed by atoms with Crippen molar-refractivity contribution in [1.82, 2.24) is 9.88 Å². The fraction of sp³-hybridized carbons (Fsp3) is 0.526. The van der Waals surface area contributed by atoms with Gasteiger partial charge in [0.25, 0.3) is 0 Å². The topological polar surface area (TPSA) is 36.1 Å². The first kappa shape index (κ1) is 15.1. The molecule has 1 amide bonds. The third kappa shape index (κ3) is 3.18. The number of hydrogen-bond acceptors (Lipinski definition) is 1. The van der Waals surface area contributed by atoms with E-state index in [1.807, 2.05) is 4.90 Å². The zero-order valence-corrected chi connectivity index (χ0v) is 13.5. The maximum atomic E-state index is 12.4. The maximum Gasteiger partial charge on any atom is 0.222 e. The number of hydrogen-bond donors (Lipinski definition) is 1. The Labute approximate surface area is 132 Å². The van der Waals surface area contributed by atoms with Gasteiger partial charge in [0.15, 0.2) is 0 Å². The smallest absolute Gasteiger partial charge is 0.222 e. The zero-order chi connectivity index (χ0) is 15.4. The highest BCUT2D eigenvalue weighted by Crippen LogP contribution is 2.27. The number of para-hydroxylation sites is 1. The van der Waals surface area contributed by atoms with Gasteiger partial charge >= 0.3 is 0 Å². The molecule has 1 aromatic heterocycles. The van der Waals surface area contributed by atoms with E-state index in [0.717, 1.165) is 25.9 Å². The summed E-state index contributed by atoms with van der Waals surface area (Å²) in [6.07, 6.45) is 7.69. The van der Waals surface area contributed by atoms with Crippen molar-refractivity contribution in [2.24, 2.45) is 0 Å². The Morgan fingerprint density at radius 1 is 1.18 bits per heavy atom. The zero-order valence-electron chi connectivity index (χ0n) is 13.5. The van der Waals surface area contributed by atoms with Crippen LogP contribution >= 0.6 is 0 Å². The molecular formula is C19H26N2O. The van der Waals surface area contributed by atoms with Crippen LogP contribution in [-0.4, -0.2) is 22.3 Å². The molecule has 2 heterocycles. The normalized spacial score (nSPS) is 14.3. The third-order valence-corrected chi connectivity index (χ3v) is 4.73. The largest absolute Gasteiger partial charge is 0.358 e. The lowest BCUT2D eigenvalue weighted by Gasteiger charge is -2.27. The molecule has 0 fully saturated rings. The lowest BCUT2D eigenvalue weighted by Crippen LogP contribution is -2.35. The molecule has 3 heteroatoms. The Balaban J connectivity index is 1.60. The minimum absolute atomic E-state index is 0.326. The van der Waals surface area contributed by atoms with Gasteiger partial charge in [-0.1, -0.05) is 50.8 Å². The van der Waals surface area contributed by atoms with Gasteiger partial charge in [-0.3, -0.25) is 4.79 Å². The van der Waals surface area contributed by atoms with Gasteiger partial charge in [0, 0.05) is 48.1 Å². The van der Waals surface area contributed by atoms with E-state index in [4.69, 9.17) is 0 Å². The first-order chi connectivity index (χ1) is 10.8. The molecule has 3 rings (SSSR count). The van der Waals surface area contributed by atoms with Crippen molar-refractivity contribution in [2.75, 3.05) is 6.54 Å². The minimum atomic E-state index is 0.326. The highest BCUT2D eigenvalue weighted by atomic mass is 16.2. The van der Waals surface area contributed by atoms with Crippen molar-refractivity contribution in [3.8, 4) is 0 Å². The molecule has 0 saturated carbocycles. The maximum absolute atomic E-state index is 12.4. The molecule has 1 aliphatic heterocycles. The first-order valence-electron chi connectivity index (χ1n) is 8.66. The van der Waals surface area contributed by atoms with E-state index in [1.165, 1.54) is 47.8 Å². The number of nitrogens with one attached hydrogen (secondary N) is 1. The molecule has 1 N–H and O–H groups in total. The van der Waals surface area contributed by atoms with E-state index in [0.29, 0.717) is 12.3 Å². The van der Waals surface area contributed by atoms with Crippen molar-refractivity contribution in [1.29, 1.82) is 0 Å². The average Bonchev–Trinajstić information content (AvgIpc) is 2.92. The highest BCUT2D eigenvalue weighted by molar-refractivity contribution is 5.86. The summed E-state index contributed by atoms with van der Waals surface area (Å²) in [4.78, 5) is 18.0. The molecule has 0 radical (unpaired) electrons. The van der Waals surface area contributed by atoms with Crippen LogP contribution in [-0.2, 0) is 17.8 Å². The number of rotatable bonds is 6.